The molecule has 0 spiro atoms. The number of carbonyl (C=O) groups excluding carboxylic acids is 1. The lowest BCUT2D eigenvalue weighted by atomic mass is 9.92. The number of alkyl carbamates (subject to hydrolysis) is 1. The summed E-state index contributed by atoms with van der Waals surface area (Å²) in [5, 5.41) is 10.2. The molecule has 3 atom stereocenters. The first-order valence-electron chi connectivity index (χ1n) is 12.9. The zero-order chi connectivity index (χ0) is 27.2. The van der Waals surface area contributed by atoms with Crippen molar-refractivity contribution >= 4 is 6.09 Å². The molecule has 0 unspecified atom stereocenters. The summed E-state index contributed by atoms with van der Waals surface area (Å²) in [4.78, 5) is 19.8. The van der Waals surface area contributed by atoms with E-state index in [9.17, 15) is 13.6 Å². The molecule has 4 heterocycles. The second-order valence-electron chi connectivity index (χ2n) is 11.0. The molecule has 5 rings (SSSR count). The fraction of sp³-hybridized carbons (Fsp3) is 0.519. The summed E-state index contributed by atoms with van der Waals surface area (Å²) in [6.07, 6.45) is -1.00. The fourth-order valence-electron chi connectivity index (χ4n) is 5.31. The van der Waals surface area contributed by atoms with E-state index in [1.165, 1.54) is 0 Å². The topological polar surface area (TPSA) is 97.3 Å². The lowest BCUT2D eigenvalue weighted by molar-refractivity contribution is -0.0630. The molecule has 0 saturated carbocycles. The van der Waals surface area contributed by atoms with Crippen molar-refractivity contribution in [3.63, 3.8) is 0 Å². The number of amides is 1. The van der Waals surface area contributed by atoms with Crippen LogP contribution in [0.3, 0.4) is 0 Å². The molecule has 1 aromatic carbocycles. The molecule has 1 fully saturated rings. The van der Waals surface area contributed by atoms with E-state index in [2.05, 4.69) is 31.9 Å². The van der Waals surface area contributed by atoms with Gasteiger partial charge in [-0.05, 0) is 65.3 Å². The minimum Gasteiger partial charge on any atom is -0.444 e. The summed E-state index contributed by atoms with van der Waals surface area (Å²) in [5.74, 6) is -0.307. The maximum absolute atomic E-state index is 14.7. The number of aromatic nitrogens is 4. The van der Waals surface area contributed by atoms with Crippen molar-refractivity contribution in [2.75, 3.05) is 6.61 Å². The normalized spacial score (nSPS) is 21.9. The zero-order valence-electron chi connectivity index (χ0n) is 22.3. The second kappa shape index (κ2) is 10.1. The maximum Gasteiger partial charge on any atom is 0.407 e. The molecule has 2 aliphatic heterocycles. The van der Waals surface area contributed by atoms with Crippen molar-refractivity contribution in [3.8, 4) is 11.5 Å². The van der Waals surface area contributed by atoms with Gasteiger partial charge in [-0.1, -0.05) is 0 Å². The summed E-state index contributed by atoms with van der Waals surface area (Å²) < 4.78 is 42.5. The number of imidazole rings is 1. The maximum atomic E-state index is 14.7. The van der Waals surface area contributed by atoms with Crippen molar-refractivity contribution in [2.45, 2.75) is 84.5 Å². The van der Waals surface area contributed by atoms with Gasteiger partial charge in [0.2, 0.25) is 0 Å². The van der Waals surface area contributed by atoms with Gasteiger partial charge in [-0.3, -0.25) is 10.00 Å². The Kier molecular flexibility index (Phi) is 6.99. The third-order valence-electron chi connectivity index (χ3n) is 6.96. The number of ether oxygens (including phenoxy) is 2. The predicted molar refractivity (Wildman–Crippen MR) is 136 cm³/mol. The largest absolute Gasteiger partial charge is 0.444 e. The molecule has 9 nitrogen and oxygen atoms in total. The molecule has 3 aromatic rings. The van der Waals surface area contributed by atoms with Crippen LogP contribution in [-0.4, -0.2) is 55.0 Å². The number of aromatic amines is 1. The van der Waals surface area contributed by atoms with Gasteiger partial charge in [0.15, 0.2) is 5.82 Å². The quantitative estimate of drug-likeness (QED) is 0.502. The number of H-pyrrole nitrogens is 1. The Labute approximate surface area is 220 Å². The highest BCUT2D eigenvalue weighted by Crippen LogP contribution is 2.36. The van der Waals surface area contributed by atoms with Gasteiger partial charge in [0.05, 0.1) is 24.0 Å². The zero-order valence-corrected chi connectivity index (χ0v) is 22.3. The van der Waals surface area contributed by atoms with Crippen molar-refractivity contribution in [1.29, 1.82) is 0 Å². The lowest BCUT2D eigenvalue weighted by Crippen LogP contribution is -2.52. The number of aryl methyl sites for hydroxylation is 1. The van der Waals surface area contributed by atoms with Crippen molar-refractivity contribution in [3.05, 3.63) is 58.5 Å². The highest BCUT2D eigenvalue weighted by Gasteiger charge is 2.40. The molecule has 0 aliphatic carbocycles. The van der Waals surface area contributed by atoms with Crippen LogP contribution in [0.2, 0.25) is 0 Å². The van der Waals surface area contributed by atoms with E-state index in [4.69, 9.17) is 14.5 Å². The summed E-state index contributed by atoms with van der Waals surface area (Å²) in [5.41, 5.74) is 3.26. The van der Waals surface area contributed by atoms with Crippen LogP contribution in [0.15, 0.2) is 24.3 Å². The fourth-order valence-corrected chi connectivity index (χ4v) is 5.31. The Morgan fingerprint density at radius 1 is 1.26 bits per heavy atom. The second-order valence-corrected chi connectivity index (χ2v) is 11.0. The van der Waals surface area contributed by atoms with Crippen molar-refractivity contribution in [2.24, 2.45) is 0 Å². The van der Waals surface area contributed by atoms with E-state index in [1.54, 1.807) is 20.8 Å². The molecule has 0 bridgehead atoms. The molecule has 0 radical (unpaired) electrons. The van der Waals surface area contributed by atoms with E-state index in [0.717, 1.165) is 53.3 Å². The Balaban J connectivity index is 1.36. The molecule has 2 aliphatic rings. The third kappa shape index (κ3) is 5.30. The molecule has 2 N–H and O–H groups in total. The van der Waals surface area contributed by atoms with Crippen LogP contribution in [0.5, 0.6) is 0 Å². The van der Waals surface area contributed by atoms with Gasteiger partial charge in [-0.2, -0.15) is 5.10 Å². The SMILES string of the molecule is CCn1c(-c2cc(C)[nH]n2)nc2c1CN([C@H]1CO[C@H](c3cc(F)ccc3F)[C@@H](NC(=O)OC(C)(C)C)C1)C2. The first-order valence-corrected chi connectivity index (χ1v) is 12.9. The minimum absolute atomic E-state index is 0.0709. The number of nitrogens with one attached hydrogen (secondary N) is 2. The average Bonchev–Trinajstić information content (AvgIpc) is 3.53. The summed E-state index contributed by atoms with van der Waals surface area (Å²) in [6.45, 7) is 11.7. The van der Waals surface area contributed by atoms with E-state index >= 15 is 0 Å². The van der Waals surface area contributed by atoms with Crippen LogP contribution in [0.25, 0.3) is 11.5 Å². The van der Waals surface area contributed by atoms with E-state index in [-0.39, 0.29) is 11.6 Å². The molecule has 2 aromatic heterocycles. The van der Waals surface area contributed by atoms with Crippen molar-refractivity contribution in [1.82, 2.24) is 30.0 Å². The molecule has 1 amide bonds. The third-order valence-corrected chi connectivity index (χ3v) is 6.96. The van der Waals surface area contributed by atoms with Gasteiger partial charge in [0.25, 0.3) is 0 Å². The molecule has 1 saturated heterocycles. The number of fused-ring (bicyclic) bond motifs is 1. The number of hydrogen-bond acceptors (Lipinski definition) is 6. The van der Waals surface area contributed by atoms with Crippen LogP contribution in [0.4, 0.5) is 13.6 Å². The molecule has 11 heteroatoms. The number of rotatable bonds is 5. The smallest absolute Gasteiger partial charge is 0.407 e. The highest BCUT2D eigenvalue weighted by molar-refractivity contribution is 5.68. The van der Waals surface area contributed by atoms with E-state index < -0.39 is 35.5 Å². The number of halogens is 2. The summed E-state index contributed by atoms with van der Waals surface area (Å²) in [6, 6.07) is 4.56. The molecule has 204 valence electrons. The monoisotopic (exact) mass is 528 g/mol. The van der Waals surface area contributed by atoms with Gasteiger partial charge in [0, 0.05) is 36.9 Å². The predicted octanol–water partition coefficient (Wildman–Crippen LogP) is 4.62. The van der Waals surface area contributed by atoms with Crippen LogP contribution in [-0.2, 0) is 29.1 Å². The van der Waals surface area contributed by atoms with Gasteiger partial charge < -0.3 is 19.4 Å². The Bertz CT molecular complexity index is 1330. The van der Waals surface area contributed by atoms with Crippen LogP contribution < -0.4 is 5.32 Å². The highest BCUT2D eigenvalue weighted by atomic mass is 19.1. The van der Waals surface area contributed by atoms with Crippen LogP contribution in [0.1, 0.15) is 62.9 Å². The molecule has 38 heavy (non-hydrogen) atoms. The van der Waals surface area contributed by atoms with Gasteiger partial charge in [-0.25, -0.2) is 18.6 Å². The Morgan fingerprint density at radius 3 is 2.74 bits per heavy atom. The summed E-state index contributed by atoms with van der Waals surface area (Å²) >= 11 is 0. The number of hydrogen-bond donors (Lipinski definition) is 2. The van der Waals surface area contributed by atoms with Crippen LogP contribution in [0, 0.1) is 18.6 Å². The van der Waals surface area contributed by atoms with E-state index in [0.29, 0.717) is 26.1 Å². The van der Waals surface area contributed by atoms with E-state index in [1.807, 2.05) is 13.0 Å². The van der Waals surface area contributed by atoms with Gasteiger partial charge in [-0.15, -0.1) is 0 Å². The Morgan fingerprint density at radius 2 is 2.05 bits per heavy atom. The number of benzene rings is 1. The minimum atomic E-state index is -0.850. The van der Waals surface area contributed by atoms with Crippen molar-refractivity contribution < 1.29 is 23.0 Å². The first kappa shape index (κ1) is 26.3. The lowest BCUT2D eigenvalue weighted by Gasteiger charge is -2.40. The Hall–Kier alpha value is -3.31. The molecular formula is C27H34F2N6O3. The number of carbonyl (C=O) groups is 1. The molecular weight excluding hydrogens is 494 g/mol. The average molecular weight is 529 g/mol. The van der Waals surface area contributed by atoms with Crippen LogP contribution >= 0.6 is 0 Å². The first-order chi connectivity index (χ1) is 18.0. The number of nitrogens with zero attached hydrogens (tertiary/aromatic N) is 4. The standard InChI is InChI=1S/C27H34F2N6O3/c1-6-35-23-13-34(12-22(23)30-25(35)21-9-15(2)32-33-21)17-11-20(31-26(36)38-27(3,4)5)24(37-14-17)18-10-16(28)7-8-19(18)29/h7-10,17,20,24H,6,11-14H2,1-5H3,(H,31,36)(H,32,33)/t17-,20+,24-/m1/s1. The summed E-state index contributed by atoms with van der Waals surface area (Å²) in [7, 11) is 0. The van der Waals surface area contributed by atoms with Gasteiger partial charge >= 0.3 is 6.09 Å². The van der Waals surface area contributed by atoms with Gasteiger partial charge in [0.1, 0.15) is 29.0 Å².